The summed E-state index contributed by atoms with van der Waals surface area (Å²) in [6.07, 6.45) is 3.62. The quantitative estimate of drug-likeness (QED) is 0.568. The molecule has 1 amide bonds. The summed E-state index contributed by atoms with van der Waals surface area (Å²) >= 11 is 0. The number of carbonyl (C=O) groups excluding carboxylic acids is 1. The highest BCUT2D eigenvalue weighted by atomic mass is 16.6. The fraction of sp³-hybridized carbons (Fsp3) is 0.526. The molecule has 1 atom stereocenters. The van der Waals surface area contributed by atoms with Crippen LogP contribution in [0, 0.1) is 10.1 Å². The van der Waals surface area contributed by atoms with Crippen LogP contribution in [0.15, 0.2) is 28.7 Å². The molecule has 2 fully saturated rings. The van der Waals surface area contributed by atoms with Crippen LogP contribution in [0.3, 0.4) is 0 Å². The Morgan fingerprint density at radius 3 is 2.41 bits per heavy atom. The lowest BCUT2D eigenvalue weighted by Crippen LogP contribution is -2.49. The summed E-state index contributed by atoms with van der Waals surface area (Å²) in [5, 5.41) is 19.5. The van der Waals surface area contributed by atoms with E-state index in [0.717, 1.165) is 18.2 Å². The highest BCUT2D eigenvalue weighted by Gasteiger charge is 2.27. The first-order valence-electron chi connectivity index (χ1n) is 9.92. The third kappa shape index (κ3) is 4.01. The summed E-state index contributed by atoms with van der Waals surface area (Å²) in [7, 11) is 0. The highest BCUT2D eigenvalue weighted by Crippen LogP contribution is 2.24. The number of hydrogen-bond acceptors (Lipinski definition) is 8. The number of hydrogen-bond donors (Lipinski definition) is 0. The maximum atomic E-state index is 12.5. The predicted octanol–water partition coefficient (Wildman–Crippen LogP) is 2.32. The van der Waals surface area contributed by atoms with Gasteiger partial charge in [0.25, 0.3) is 5.91 Å². The fourth-order valence-electron chi connectivity index (χ4n) is 3.91. The van der Waals surface area contributed by atoms with Crippen LogP contribution in [0.25, 0.3) is 0 Å². The Kier molecular flexibility index (Phi) is 5.32. The summed E-state index contributed by atoms with van der Waals surface area (Å²) in [6, 6.07) is 7.03. The third-order valence-corrected chi connectivity index (χ3v) is 5.61. The number of amides is 1. The van der Waals surface area contributed by atoms with Crippen molar-refractivity contribution in [2.75, 3.05) is 42.5 Å². The molecule has 4 heterocycles. The van der Waals surface area contributed by atoms with Gasteiger partial charge in [-0.1, -0.05) is 0 Å². The van der Waals surface area contributed by atoms with Crippen LogP contribution in [0.1, 0.15) is 36.7 Å². The van der Waals surface area contributed by atoms with Crippen LogP contribution in [0.4, 0.5) is 17.5 Å². The van der Waals surface area contributed by atoms with E-state index in [-0.39, 0.29) is 11.7 Å². The van der Waals surface area contributed by atoms with E-state index in [2.05, 4.69) is 26.9 Å². The number of furan rings is 1. The van der Waals surface area contributed by atoms with E-state index in [0.29, 0.717) is 32.2 Å². The molecular formula is C19H24N6O4. The zero-order valence-corrected chi connectivity index (χ0v) is 16.4. The second-order valence-corrected chi connectivity index (χ2v) is 7.46. The molecule has 0 N–H and O–H groups in total. The zero-order valence-electron chi connectivity index (χ0n) is 16.4. The normalized spacial score (nSPS) is 20.0. The molecular weight excluding hydrogens is 376 g/mol. The molecule has 154 valence electrons. The van der Waals surface area contributed by atoms with E-state index in [4.69, 9.17) is 4.42 Å². The molecule has 0 aliphatic carbocycles. The fourth-order valence-corrected chi connectivity index (χ4v) is 3.91. The molecule has 0 bridgehead atoms. The number of nitrogens with zero attached hydrogens (tertiary/aromatic N) is 6. The van der Waals surface area contributed by atoms with Crippen LogP contribution in [0.5, 0.6) is 0 Å². The molecule has 2 aromatic rings. The van der Waals surface area contributed by atoms with Crippen molar-refractivity contribution in [1.29, 1.82) is 0 Å². The SMILES string of the molecule is CC1CCCCN1c1ccc(N2CCN(C(=O)c3ccc([N+](=O)[O-])o3)CC2)nn1. The summed E-state index contributed by atoms with van der Waals surface area (Å²) in [4.78, 5) is 28.6. The van der Waals surface area contributed by atoms with Gasteiger partial charge in [-0.15, -0.1) is 10.2 Å². The Bertz CT molecular complexity index is 875. The van der Waals surface area contributed by atoms with Crippen molar-refractivity contribution >= 4 is 23.4 Å². The minimum absolute atomic E-state index is 0.00931. The highest BCUT2D eigenvalue weighted by molar-refractivity contribution is 5.92. The first-order valence-corrected chi connectivity index (χ1v) is 9.92. The van der Waals surface area contributed by atoms with Crippen LogP contribution in [-0.4, -0.2) is 64.7 Å². The lowest BCUT2D eigenvalue weighted by Gasteiger charge is -2.36. The molecule has 4 rings (SSSR count). The van der Waals surface area contributed by atoms with Crippen molar-refractivity contribution in [3.05, 3.63) is 40.1 Å². The van der Waals surface area contributed by atoms with E-state index in [9.17, 15) is 14.9 Å². The van der Waals surface area contributed by atoms with Gasteiger partial charge in [0.05, 0.1) is 6.07 Å². The molecule has 10 nitrogen and oxygen atoms in total. The number of piperidine rings is 1. The van der Waals surface area contributed by atoms with E-state index in [1.165, 1.54) is 31.4 Å². The largest absolute Gasteiger partial charge is 0.433 e. The number of piperazine rings is 1. The van der Waals surface area contributed by atoms with Crippen molar-refractivity contribution < 1.29 is 14.1 Å². The predicted molar refractivity (Wildman–Crippen MR) is 106 cm³/mol. The summed E-state index contributed by atoms with van der Waals surface area (Å²) in [5.74, 6) is 0.932. The Hall–Kier alpha value is -3.17. The molecule has 1 unspecified atom stereocenters. The average Bonchev–Trinajstić information content (AvgIpc) is 3.25. The number of anilines is 2. The van der Waals surface area contributed by atoms with Crippen molar-refractivity contribution in [2.24, 2.45) is 0 Å². The van der Waals surface area contributed by atoms with Gasteiger partial charge in [0, 0.05) is 38.8 Å². The standard InChI is InChI=1S/C19H24N6O4/c1-14-4-2-3-9-24(14)17-7-6-16(20-21-17)22-10-12-23(13-11-22)19(26)15-5-8-18(29-15)25(27)28/h5-8,14H,2-4,9-13H2,1H3. The van der Waals surface area contributed by atoms with Crippen molar-refractivity contribution in [2.45, 2.75) is 32.2 Å². The molecule has 2 saturated heterocycles. The Labute approximate surface area is 168 Å². The molecule has 2 aliphatic rings. The summed E-state index contributed by atoms with van der Waals surface area (Å²) < 4.78 is 5.02. The smallest absolute Gasteiger partial charge is 0.395 e. The molecule has 0 spiro atoms. The van der Waals surface area contributed by atoms with Crippen LogP contribution in [0.2, 0.25) is 0 Å². The number of nitro groups is 1. The van der Waals surface area contributed by atoms with Gasteiger partial charge in [-0.25, -0.2) is 0 Å². The minimum atomic E-state index is -0.651. The Morgan fingerprint density at radius 1 is 1.07 bits per heavy atom. The molecule has 2 aliphatic heterocycles. The number of carbonyl (C=O) groups is 1. The maximum Gasteiger partial charge on any atom is 0.433 e. The van der Waals surface area contributed by atoms with Gasteiger partial charge in [0.15, 0.2) is 17.4 Å². The van der Waals surface area contributed by atoms with Gasteiger partial charge in [-0.3, -0.25) is 14.9 Å². The summed E-state index contributed by atoms with van der Waals surface area (Å²) in [5.41, 5.74) is 0. The topological polar surface area (TPSA) is 109 Å². The van der Waals surface area contributed by atoms with Gasteiger partial charge >= 0.3 is 5.88 Å². The lowest BCUT2D eigenvalue weighted by atomic mass is 10.0. The maximum absolute atomic E-state index is 12.5. The monoisotopic (exact) mass is 400 g/mol. The summed E-state index contributed by atoms with van der Waals surface area (Å²) in [6.45, 7) is 5.44. The Balaban J connectivity index is 1.35. The van der Waals surface area contributed by atoms with E-state index < -0.39 is 10.8 Å². The van der Waals surface area contributed by atoms with Gasteiger partial charge in [0.1, 0.15) is 4.92 Å². The molecule has 0 saturated carbocycles. The second-order valence-electron chi connectivity index (χ2n) is 7.46. The number of rotatable bonds is 4. The van der Waals surface area contributed by atoms with Gasteiger partial charge in [-0.2, -0.15) is 0 Å². The number of aromatic nitrogens is 2. The van der Waals surface area contributed by atoms with E-state index in [1.807, 2.05) is 12.1 Å². The van der Waals surface area contributed by atoms with Gasteiger partial charge in [-0.05, 0) is 44.4 Å². The molecule has 0 radical (unpaired) electrons. The lowest BCUT2D eigenvalue weighted by molar-refractivity contribution is -0.402. The van der Waals surface area contributed by atoms with Crippen molar-refractivity contribution in [1.82, 2.24) is 15.1 Å². The first kappa shape index (κ1) is 19.2. The van der Waals surface area contributed by atoms with Gasteiger partial charge < -0.3 is 19.1 Å². The first-order chi connectivity index (χ1) is 14.0. The molecule has 29 heavy (non-hydrogen) atoms. The molecule has 0 aromatic carbocycles. The zero-order chi connectivity index (χ0) is 20.4. The molecule has 2 aromatic heterocycles. The van der Waals surface area contributed by atoms with E-state index >= 15 is 0 Å². The second kappa shape index (κ2) is 8.06. The van der Waals surface area contributed by atoms with Crippen LogP contribution >= 0.6 is 0 Å². The van der Waals surface area contributed by atoms with E-state index in [1.54, 1.807) is 4.90 Å². The van der Waals surface area contributed by atoms with Gasteiger partial charge in [0.2, 0.25) is 0 Å². The van der Waals surface area contributed by atoms with Crippen LogP contribution in [-0.2, 0) is 0 Å². The average molecular weight is 400 g/mol. The molecule has 10 heteroatoms. The van der Waals surface area contributed by atoms with Crippen molar-refractivity contribution in [3.63, 3.8) is 0 Å². The minimum Gasteiger partial charge on any atom is -0.395 e. The third-order valence-electron chi connectivity index (χ3n) is 5.61. The van der Waals surface area contributed by atoms with Crippen LogP contribution < -0.4 is 9.80 Å². The Morgan fingerprint density at radius 2 is 1.79 bits per heavy atom. The van der Waals surface area contributed by atoms with Crippen molar-refractivity contribution in [3.8, 4) is 0 Å².